The number of anilines is 1. The molecule has 1 amide bonds. The first kappa shape index (κ1) is 15.4. The summed E-state index contributed by atoms with van der Waals surface area (Å²) in [5, 5.41) is 4.61. The summed E-state index contributed by atoms with van der Waals surface area (Å²) in [6, 6.07) is 13.0. The van der Waals surface area contributed by atoms with Gasteiger partial charge < -0.3 is 9.88 Å². The third-order valence-corrected chi connectivity index (χ3v) is 4.58. The second-order valence-electron chi connectivity index (χ2n) is 4.80. The van der Waals surface area contributed by atoms with Crippen molar-refractivity contribution in [3.05, 3.63) is 63.2 Å². The normalized spacial score (nSPS) is 10.9. The number of halogens is 3. The highest BCUT2D eigenvalue weighted by Crippen LogP contribution is 2.29. The van der Waals surface area contributed by atoms with E-state index in [1.54, 1.807) is 18.2 Å². The molecule has 2 aromatic carbocycles. The first-order chi connectivity index (χ1) is 10.5. The van der Waals surface area contributed by atoms with Gasteiger partial charge in [-0.3, -0.25) is 4.79 Å². The van der Waals surface area contributed by atoms with E-state index in [0.29, 0.717) is 15.7 Å². The third kappa shape index (κ3) is 3.14. The Hall–Kier alpha value is -1.49. The van der Waals surface area contributed by atoms with Crippen molar-refractivity contribution < 1.29 is 4.79 Å². The Morgan fingerprint density at radius 2 is 2.00 bits per heavy atom. The van der Waals surface area contributed by atoms with E-state index < -0.39 is 0 Å². The number of fused-ring (bicyclic) bond motifs is 1. The van der Waals surface area contributed by atoms with Gasteiger partial charge in [0.05, 0.1) is 15.7 Å². The molecule has 1 N–H and O–H groups in total. The van der Waals surface area contributed by atoms with Crippen LogP contribution in [-0.2, 0) is 11.3 Å². The molecular formula is C16H11BrCl2N2O. The third-order valence-electron chi connectivity index (χ3n) is 3.27. The lowest BCUT2D eigenvalue weighted by molar-refractivity contribution is -0.116. The molecule has 0 unspecified atom stereocenters. The minimum absolute atomic E-state index is 0.162. The number of benzene rings is 2. The van der Waals surface area contributed by atoms with Gasteiger partial charge in [0.1, 0.15) is 6.54 Å². The molecule has 3 aromatic rings. The summed E-state index contributed by atoms with van der Waals surface area (Å²) >= 11 is 15.4. The van der Waals surface area contributed by atoms with Crippen molar-refractivity contribution in [3.63, 3.8) is 0 Å². The van der Waals surface area contributed by atoms with E-state index in [1.807, 2.05) is 35.0 Å². The molecule has 0 aliphatic carbocycles. The van der Waals surface area contributed by atoms with Crippen LogP contribution in [0.5, 0.6) is 0 Å². The molecule has 0 aliphatic rings. The molecule has 1 aromatic heterocycles. The van der Waals surface area contributed by atoms with Crippen LogP contribution in [-0.4, -0.2) is 10.5 Å². The van der Waals surface area contributed by atoms with Crippen molar-refractivity contribution in [2.24, 2.45) is 0 Å². The van der Waals surface area contributed by atoms with Crippen LogP contribution in [0.3, 0.4) is 0 Å². The van der Waals surface area contributed by atoms with Gasteiger partial charge in [0.2, 0.25) is 5.91 Å². The zero-order chi connectivity index (χ0) is 15.7. The van der Waals surface area contributed by atoms with E-state index in [4.69, 9.17) is 23.2 Å². The molecule has 0 fully saturated rings. The van der Waals surface area contributed by atoms with Crippen LogP contribution in [0.15, 0.2) is 53.1 Å². The molecule has 0 saturated carbocycles. The Kier molecular flexibility index (Phi) is 4.43. The maximum absolute atomic E-state index is 12.2. The lowest BCUT2D eigenvalue weighted by Crippen LogP contribution is -2.18. The van der Waals surface area contributed by atoms with Crippen molar-refractivity contribution in [1.29, 1.82) is 0 Å². The number of hydrogen-bond acceptors (Lipinski definition) is 1. The zero-order valence-electron chi connectivity index (χ0n) is 11.3. The van der Waals surface area contributed by atoms with Gasteiger partial charge in [0.15, 0.2) is 0 Å². The van der Waals surface area contributed by atoms with Gasteiger partial charge in [-0.1, -0.05) is 45.2 Å². The van der Waals surface area contributed by atoms with Crippen molar-refractivity contribution in [2.45, 2.75) is 6.54 Å². The molecule has 0 aliphatic heterocycles. The summed E-state index contributed by atoms with van der Waals surface area (Å²) in [7, 11) is 0. The number of carbonyl (C=O) groups excluding carboxylic acids is 1. The highest BCUT2D eigenvalue weighted by Gasteiger charge is 2.10. The SMILES string of the molecule is O=C(Cn1ccc2cc(Br)ccc21)Nc1cccc(Cl)c1Cl. The second-order valence-corrected chi connectivity index (χ2v) is 6.50. The lowest BCUT2D eigenvalue weighted by atomic mass is 10.2. The van der Waals surface area contributed by atoms with E-state index in [0.717, 1.165) is 15.4 Å². The predicted octanol–water partition coefficient (Wildman–Crippen LogP) is 5.35. The first-order valence-corrected chi connectivity index (χ1v) is 8.08. The van der Waals surface area contributed by atoms with Gasteiger partial charge in [-0.15, -0.1) is 0 Å². The maximum Gasteiger partial charge on any atom is 0.244 e. The smallest absolute Gasteiger partial charge is 0.244 e. The van der Waals surface area contributed by atoms with E-state index in [9.17, 15) is 4.79 Å². The molecule has 0 radical (unpaired) electrons. The van der Waals surface area contributed by atoms with Gasteiger partial charge >= 0.3 is 0 Å². The summed E-state index contributed by atoms with van der Waals surface area (Å²) < 4.78 is 2.89. The molecule has 0 saturated heterocycles. The topological polar surface area (TPSA) is 34.0 Å². The highest BCUT2D eigenvalue weighted by molar-refractivity contribution is 9.10. The van der Waals surface area contributed by atoms with Crippen LogP contribution in [0, 0.1) is 0 Å². The minimum Gasteiger partial charge on any atom is -0.338 e. The number of rotatable bonds is 3. The van der Waals surface area contributed by atoms with E-state index in [-0.39, 0.29) is 12.5 Å². The molecule has 22 heavy (non-hydrogen) atoms. The number of carbonyl (C=O) groups is 1. The monoisotopic (exact) mass is 396 g/mol. The lowest BCUT2D eigenvalue weighted by Gasteiger charge is -2.09. The van der Waals surface area contributed by atoms with Gasteiger partial charge in [0, 0.05) is 21.6 Å². The maximum atomic E-state index is 12.2. The summed E-state index contributed by atoms with van der Waals surface area (Å²) in [5.41, 5.74) is 1.51. The Morgan fingerprint density at radius 3 is 2.82 bits per heavy atom. The fourth-order valence-corrected chi connectivity index (χ4v) is 2.98. The number of aromatic nitrogens is 1. The second kappa shape index (κ2) is 6.32. The van der Waals surface area contributed by atoms with E-state index in [2.05, 4.69) is 21.2 Å². The molecule has 1 heterocycles. The standard InChI is InChI=1S/C16H11BrCl2N2O/c17-11-4-5-14-10(8-11)6-7-21(14)9-15(22)20-13-3-1-2-12(18)16(13)19/h1-8H,9H2,(H,20,22). The number of amides is 1. The Bertz CT molecular complexity index is 860. The Balaban J connectivity index is 1.80. The van der Waals surface area contributed by atoms with Gasteiger partial charge in [-0.25, -0.2) is 0 Å². The van der Waals surface area contributed by atoms with Gasteiger partial charge in [0.25, 0.3) is 0 Å². The van der Waals surface area contributed by atoms with Crippen LogP contribution in [0.4, 0.5) is 5.69 Å². The van der Waals surface area contributed by atoms with Crippen molar-refractivity contribution in [1.82, 2.24) is 4.57 Å². The molecular weight excluding hydrogens is 387 g/mol. The predicted molar refractivity (Wildman–Crippen MR) is 94.7 cm³/mol. The van der Waals surface area contributed by atoms with E-state index in [1.165, 1.54) is 0 Å². The molecule has 6 heteroatoms. The molecule has 0 spiro atoms. The minimum atomic E-state index is -0.162. The fourth-order valence-electron chi connectivity index (χ4n) is 2.25. The van der Waals surface area contributed by atoms with Gasteiger partial charge in [-0.2, -0.15) is 0 Å². The summed E-state index contributed by atoms with van der Waals surface area (Å²) in [5.74, 6) is -0.162. The van der Waals surface area contributed by atoms with Crippen LogP contribution in [0.1, 0.15) is 0 Å². The van der Waals surface area contributed by atoms with Crippen LogP contribution in [0.2, 0.25) is 10.0 Å². The summed E-state index contributed by atoms with van der Waals surface area (Å²) in [6.45, 7) is 0.202. The molecule has 0 atom stereocenters. The quantitative estimate of drug-likeness (QED) is 0.635. The van der Waals surface area contributed by atoms with Crippen molar-refractivity contribution in [3.8, 4) is 0 Å². The van der Waals surface area contributed by atoms with E-state index >= 15 is 0 Å². The first-order valence-electron chi connectivity index (χ1n) is 6.53. The summed E-state index contributed by atoms with van der Waals surface area (Å²) in [4.78, 5) is 12.2. The molecule has 0 bridgehead atoms. The van der Waals surface area contributed by atoms with Crippen molar-refractivity contribution >= 4 is 61.6 Å². The largest absolute Gasteiger partial charge is 0.338 e. The average molecular weight is 398 g/mol. The fraction of sp³-hybridized carbons (Fsp3) is 0.0625. The number of nitrogens with one attached hydrogen (secondary N) is 1. The van der Waals surface area contributed by atoms with Gasteiger partial charge in [-0.05, 0) is 36.4 Å². The Morgan fingerprint density at radius 1 is 1.18 bits per heavy atom. The average Bonchev–Trinajstić information content (AvgIpc) is 2.86. The van der Waals surface area contributed by atoms with Crippen molar-refractivity contribution in [2.75, 3.05) is 5.32 Å². The number of hydrogen-bond donors (Lipinski definition) is 1. The Labute approximate surface area is 146 Å². The highest BCUT2D eigenvalue weighted by atomic mass is 79.9. The molecule has 3 rings (SSSR count). The molecule has 112 valence electrons. The molecule has 3 nitrogen and oxygen atoms in total. The van der Waals surface area contributed by atoms with Crippen LogP contribution in [0.25, 0.3) is 10.9 Å². The summed E-state index contributed by atoms with van der Waals surface area (Å²) in [6.07, 6.45) is 1.89. The number of nitrogens with zero attached hydrogens (tertiary/aromatic N) is 1. The zero-order valence-corrected chi connectivity index (χ0v) is 14.4. The van der Waals surface area contributed by atoms with Crippen LogP contribution < -0.4 is 5.32 Å². The van der Waals surface area contributed by atoms with Crippen LogP contribution >= 0.6 is 39.1 Å².